The van der Waals surface area contributed by atoms with E-state index < -0.39 is 0 Å². The molecule has 18 heavy (non-hydrogen) atoms. The first kappa shape index (κ1) is 12.0. The van der Waals surface area contributed by atoms with Crippen LogP contribution in [-0.4, -0.2) is 24.1 Å². The lowest BCUT2D eigenvalue weighted by molar-refractivity contribution is 0.522. The smallest absolute Gasteiger partial charge is 0.297 e. The molecule has 1 aromatic rings. The van der Waals surface area contributed by atoms with Gasteiger partial charge in [-0.1, -0.05) is 6.92 Å². The first-order chi connectivity index (χ1) is 8.85. The third-order valence-electron chi connectivity index (χ3n) is 3.63. The molecule has 1 N–H and O–H groups in total. The van der Waals surface area contributed by atoms with E-state index in [0.29, 0.717) is 0 Å². The SMILES string of the molecule is CCCN(CC1CC1)c1nc(CNC2CC2)co1. The molecule has 4 nitrogen and oxygen atoms in total. The highest BCUT2D eigenvalue weighted by molar-refractivity contribution is 5.27. The Labute approximate surface area is 109 Å². The van der Waals surface area contributed by atoms with Crippen molar-refractivity contribution >= 4 is 6.01 Å². The molecule has 0 amide bonds. The van der Waals surface area contributed by atoms with Gasteiger partial charge in [0.15, 0.2) is 0 Å². The fourth-order valence-electron chi connectivity index (χ4n) is 2.21. The zero-order valence-electron chi connectivity index (χ0n) is 11.2. The zero-order valence-corrected chi connectivity index (χ0v) is 11.2. The van der Waals surface area contributed by atoms with Crippen LogP contribution in [0.2, 0.25) is 0 Å². The Balaban J connectivity index is 1.56. The lowest BCUT2D eigenvalue weighted by Crippen LogP contribution is -2.27. The Morgan fingerprint density at radius 2 is 2.22 bits per heavy atom. The summed E-state index contributed by atoms with van der Waals surface area (Å²) < 4.78 is 5.64. The lowest BCUT2D eigenvalue weighted by Gasteiger charge is -2.19. The van der Waals surface area contributed by atoms with Crippen LogP contribution in [0.3, 0.4) is 0 Å². The molecule has 2 saturated carbocycles. The van der Waals surface area contributed by atoms with Crippen molar-refractivity contribution in [1.29, 1.82) is 0 Å². The molecule has 0 unspecified atom stereocenters. The second-order valence-electron chi connectivity index (χ2n) is 5.67. The van der Waals surface area contributed by atoms with Gasteiger partial charge in [-0.05, 0) is 38.0 Å². The molecular weight excluding hydrogens is 226 g/mol. The minimum Gasteiger partial charge on any atom is -0.432 e. The third-order valence-corrected chi connectivity index (χ3v) is 3.63. The van der Waals surface area contributed by atoms with Crippen molar-refractivity contribution in [1.82, 2.24) is 10.3 Å². The Morgan fingerprint density at radius 1 is 1.39 bits per heavy atom. The van der Waals surface area contributed by atoms with E-state index in [1.165, 1.54) is 25.7 Å². The van der Waals surface area contributed by atoms with Crippen molar-refractivity contribution in [3.05, 3.63) is 12.0 Å². The Kier molecular flexibility index (Phi) is 3.55. The quantitative estimate of drug-likeness (QED) is 0.768. The van der Waals surface area contributed by atoms with Gasteiger partial charge in [-0.3, -0.25) is 0 Å². The lowest BCUT2D eigenvalue weighted by atomic mass is 10.3. The molecule has 0 spiro atoms. The molecule has 0 atom stereocenters. The second kappa shape index (κ2) is 5.31. The maximum atomic E-state index is 5.64. The molecule has 100 valence electrons. The molecule has 1 heterocycles. The predicted octanol–water partition coefficient (Wildman–Crippen LogP) is 2.55. The minimum atomic E-state index is 0.725. The zero-order chi connectivity index (χ0) is 12.4. The van der Waals surface area contributed by atoms with Crippen LogP contribution in [0.15, 0.2) is 10.7 Å². The normalized spacial score (nSPS) is 19.2. The van der Waals surface area contributed by atoms with Gasteiger partial charge in [-0.25, -0.2) is 0 Å². The first-order valence-electron chi connectivity index (χ1n) is 7.28. The van der Waals surface area contributed by atoms with E-state index >= 15 is 0 Å². The molecule has 1 aromatic heterocycles. The maximum Gasteiger partial charge on any atom is 0.297 e. The summed E-state index contributed by atoms with van der Waals surface area (Å²) in [6.45, 7) is 5.21. The van der Waals surface area contributed by atoms with Gasteiger partial charge >= 0.3 is 0 Å². The number of aromatic nitrogens is 1. The van der Waals surface area contributed by atoms with E-state index in [1.54, 1.807) is 6.26 Å². The average Bonchev–Trinajstić information content (AvgIpc) is 3.28. The molecule has 0 aromatic carbocycles. The first-order valence-corrected chi connectivity index (χ1v) is 7.28. The van der Waals surface area contributed by atoms with Crippen LogP contribution in [0.1, 0.15) is 44.7 Å². The molecule has 2 fully saturated rings. The molecule has 2 aliphatic rings. The monoisotopic (exact) mass is 249 g/mol. The molecule has 0 radical (unpaired) electrons. The van der Waals surface area contributed by atoms with Crippen molar-refractivity contribution in [2.24, 2.45) is 5.92 Å². The molecule has 0 saturated heterocycles. The molecule has 0 aliphatic heterocycles. The molecule has 4 heteroatoms. The summed E-state index contributed by atoms with van der Waals surface area (Å²) in [6.07, 6.45) is 8.32. The van der Waals surface area contributed by atoms with Gasteiger partial charge in [0.25, 0.3) is 6.01 Å². The fourth-order valence-corrected chi connectivity index (χ4v) is 2.21. The minimum absolute atomic E-state index is 0.725. The highest BCUT2D eigenvalue weighted by Crippen LogP contribution is 2.31. The number of hydrogen-bond donors (Lipinski definition) is 1. The summed E-state index contributed by atoms with van der Waals surface area (Å²) in [4.78, 5) is 6.91. The van der Waals surface area contributed by atoms with E-state index in [0.717, 1.165) is 49.7 Å². The van der Waals surface area contributed by atoms with Gasteiger partial charge in [0, 0.05) is 25.7 Å². The maximum absolute atomic E-state index is 5.64. The van der Waals surface area contributed by atoms with E-state index in [-0.39, 0.29) is 0 Å². The van der Waals surface area contributed by atoms with Gasteiger partial charge in [0.2, 0.25) is 0 Å². The highest BCUT2D eigenvalue weighted by Gasteiger charge is 2.26. The molecule has 0 bridgehead atoms. The van der Waals surface area contributed by atoms with E-state index in [2.05, 4.69) is 22.1 Å². The van der Waals surface area contributed by atoms with Crippen LogP contribution >= 0.6 is 0 Å². The van der Waals surface area contributed by atoms with Crippen molar-refractivity contribution < 1.29 is 4.42 Å². The number of anilines is 1. The Bertz CT molecular complexity index is 382. The molecule has 2 aliphatic carbocycles. The Morgan fingerprint density at radius 3 is 2.89 bits per heavy atom. The van der Waals surface area contributed by atoms with Crippen LogP contribution in [-0.2, 0) is 6.54 Å². The van der Waals surface area contributed by atoms with Crippen LogP contribution in [0.5, 0.6) is 0 Å². The summed E-state index contributed by atoms with van der Waals surface area (Å²) in [5.74, 6) is 0.872. The standard InChI is InChI=1S/C14H23N3O/c1-2-7-17(9-11-3-4-11)14-16-13(10-18-14)8-15-12-5-6-12/h10-12,15H,2-9H2,1H3. The van der Waals surface area contributed by atoms with Crippen LogP contribution in [0.25, 0.3) is 0 Å². The van der Waals surface area contributed by atoms with E-state index in [4.69, 9.17) is 4.42 Å². The number of nitrogens with one attached hydrogen (secondary N) is 1. The van der Waals surface area contributed by atoms with E-state index in [1.807, 2.05) is 0 Å². The van der Waals surface area contributed by atoms with Crippen LogP contribution < -0.4 is 10.2 Å². The largest absolute Gasteiger partial charge is 0.432 e. The van der Waals surface area contributed by atoms with Crippen LogP contribution in [0.4, 0.5) is 6.01 Å². The van der Waals surface area contributed by atoms with Gasteiger partial charge in [0.1, 0.15) is 6.26 Å². The highest BCUT2D eigenvalue weighted by atomic mass is 16.4. The summed E-state index contributed by atoms with van der Waals surface area (Å²) in [7, 11) is 0. The fraction of sp³-hybridized carbons (Fsp3) is 0.786. The second-order valence-corrected chi connectivity index (χ2v) is 5.67. The number of oxazole rings is 1. The van der Waals surface area contributed by atoms with Crippen LogP contribution in [0, 0.1) is 5.92 Å². The van der Waals surface area contributed by atoms with Gasteiger partial charge in [-0.2, -0.15) is 4.98 Å². The summed E-state index contributed by atoms with van der Waals surface area (Å²) >= 11 is 0. The predicted molar refractivity (Wildman–Crippen MR) is 71.6 cm³/mol. The summed E-state index contributed by atoms with van der Waals surface area (Å²) in [6, 6.07) is 1.54. The van der Waals surface area contributed by atoms with Crippen molar-refractivity contribution in [3.63, 3.8) is 0 Å². The molecular formula is C14H23N3O. The van der Waals surface area contributed by atoms with Crippen molar-refractivity contribution in [2.45, 2.75) is 51.6 Å². The van der Waals surface area contributed by atoms with Crippen molar-refractivity contribution in [2.75, 3.05) is 18.0 Å². The van der Waals surface area contributed by atoms with Gasteiger partial charge in [0.05, 0.1) is 5.69 Å². The Hall–Kier alpha value is -1.03. The average molecular weight is 249 g/mol. The topological polar surface area (TPSA) is 41.3 Å². The van der Waals surface area contributed by atoms with Gasteiger partial charge < -0.3 is 14.6 Å². The van der Waals surface area contributed by atoms with Crippen molar-refractivity contribution in [3.8, 4) is 0 Å². The molecule has 3 rings (SSSR count). The third kappa shape index (κ3) is 3.25. The number of nitrogens with zero attached hydrogens (tertiary/aromatic N) is 2. The summed E-state index contributed by atoms with van der Waals surface area (Å²) in [5.41, 5.74) is 1.04. The summed E-state index contributed by atoms with van der Waals surface area (Å²) in [5, 5.41) is 3.47. The number of hydrogen-bond acceptors (Lipinski definition) is 4. The van der Waals surface area contributed by atoms with Gasteiger partial charge in [-0.15, -0.1) is 0 Å². The van der Waals surface area contributed by atoms with E-state index in [9.17, 15) is 0 Å². The number of rotatable bonds is 8.